The first kappa shape index (κ1) is 48.0. The van der Waals surface area contributed by atoms with Crippen LogP contribution in [0.15, 0.2) is 12.2 Å². The molecule has 1 heterocycles. The van der Waals surface area contributed by atoms with Crippen LogP contribution in [0, 0.1) is 0 Å². The van der Waals surface area contributed by atoms with E-state index in [-0.39, 0.29) is 19.2 Å². The summed E-state index contributed by atoms with van der Waals surface area (Å²) in [4.78, 5) is 12.7. The topological polar surface area (TPSA) is 135 Å². The van der Waals surface area contributed by atoms with E-state index in [0.29, 0.717) is 13.0 Å². The van der Waals surface area contributed by atoms with Gasteiger partial charge in [0.15, 0.2) is 6.29 Å². The molecule has 1 aliphatic rings. The maximum absolute atomic E-state index is 12.7. The summed E-state index contributed by atoms with van der Waals surface area (Å²) in [5.74, 6) is -0.316. The van der Waals surface area contributed by atoms with Crippen LogP contribution in [-0.2, 0) is 23.7 Å². The average molecular weight is 729 g/mol. The number of carbonyl (C=O) groups excluding carboxylic acids is 1. The van der Waals surface area contributed by atoms with E-state index >= 15 is 0 Å². The van der Waals surface area contributed by atoms with Crippen LogP contribution in [0.3, 0.4) is 0 Å². The van der Waals surface area contributed by atoms with E-state index in [1.165, 1.54) is 135 Å². The lowest BCUT2D eigenvalue weighted by Crippen LogP contribution is -2.59. The summed E-state index contributed by atoms with van der Waals surface area (Å²) >= 11 is 0. The summed E-state index contributed by atoms with van der Waals surface area (Å²) < 4.78 is 22.7. The molecule has 0 radical (unpaired) electrons. The van der Waals surface area contributed by atoms with Gasteiger partial charge in [-0.25, -0.2) is 0 Å². The maximum atomic E-state index is 12.7. The minimum absolute atomic E-state index is 0.110. The van der Waals surface area contributed by atoms with Gasteiger partial charge in [0.05, 0.1) is 19.8 Å². The number of unbranched alkanes of at least 4 members (excludes halogenated alkanes) is 23. The number of esters is 1. The quantitative estimate of drug-likeness (QED) is 0.0284. The second kappa shape index (κ2) is 34.7. The van der Waals surface area contributed by atoms with Gasteiger partial charge in [0.2, 0.25) is 0 Å². The number of hydrogen-bond donors (Lipinski definition) is 4. The highest BCUT2D eigenvalue weighted by Crippen LogP contribution is 2.22. The summed E-state index contributed by atoms with van der Waals surface area (Å²) in [6.07, 6.45) is 29.5. The first-order valence-corrected chi connectivity index (χ1v) is 21.3. The summed E-state index contributed by atoms with van der Waals surface area (Å²) in [6.45, 7) is 4.56. The Morgan fingerprint density at radius 3 is 1.59 bits per heavy atom. The largest absolute Gasteiger partial charge is 0.457 e. The summed E-state index contributed by atoms with van der Waals surface area (Å²) in [5.41, 5.74) is 0. The fraction of sp³-hybridized carbons (Fsp3) is 0.929. The first-order chi connectivity index (χ1) is 24.9. The summed E-state index contributed by atoms with van der Waals surface area (Å²) in [7, 11) is 0. The molecule has 0 aliphatic carbocycles. The van der Waals surface area contributed by atoms with Gasteiger partial charge in [-0.15, -0.1) is 0 Å². The third-order valence-corrected chi connectivity index (χ3v) is 9.93. The van der Waals surface area contributed by atoms with Crippen molar-refractivity contribution in [3.63, 3.8) is 0 Å². The molecule has 0 aromatic carbocycles. The molecule has 1 aliphatic heterocycles. The fourth-order valence-electron chi connectivity index (χ4n) is 6.54. The minimum Gasteiger partial charge on any atom is -0.457 e. The second-order valence-electron chi connectivity index (χ2n) is 14.8. The van der Waals surface area contributed by atoms with Crippen molar-refractivity contribution in [1.29, 1.82) is 0 Å². The minimum atomic E-state index is -1.53. The van der Waals surface area contributed by atoms with Crippen molar-refractivity contribution in [1.82, 2.24) is 0 Å². The average Bonchev–Trinajstić information content (AvgIpc) is 3.13. The molecule has 6 unspecified atom stereocenters. The van der Waals surface area contributed by atoms with Gasteiger partial charge < -0.3 is 39.4 Å². The van der Waals surface area contributed by atoms with E-state index in [0.717, 1.165) is 32.1 Å². The van der Waals surface area contributed by atoms with Gasteiger partial charge in [-0.2, -0.15) is 0 Å². The van der Waals surface area contributed by atoms with Crippen LogP contribution >= 0.6 is 0 Å². The third-order valence-electron chi connectivity index (χ3n) is 9.93. The Kier molecular flexibility index (Phi) is 32.6. The number of rotatable bonds is 36. The highest BCUT2D eigenvalue weighted by atomic mass is 16.7. The van der Waals surface area contributed by atoms with Crippen molar-refractivity contribution in [2.75, 3.05) is 26.4 Å². The van der Waals surface area contributed by atoms with E-state index in [1.54, 1.807) is 0 Å². The van der Waals surface area contributed by atoms with E-state index < -0.39 is 43.4 Å². The predicted octanol–water partition coefficient (Wildman–Crippen LogP) is 8.86. The molecule has 1 fully saturated rings. The molecule has 6 atom stereocenters. The van der Waals surface area contributed by atoms with Crippen molar-refractivity contribution in [2.45, 2.75) is 224 Å². The van der Waals surface area contributed by atoms with Crippen LogP contribution in [0.2, 0.25) is 0 Å². The number of carbonyl (C=O) groups is 1. The smallest absolute Gasteiger partial charge is 0.306 e. The molecule has 4 N–H and O–H groups in total. The lowest BCUT2D eigenvalue weighted by molar-refractivity contribution is -0.305. The molecule has 0 aromatic rings. The molecule has 0 aromatic heterocycles. The zero-order chi connectivity index (χ0) is 37.2. The summed E-state index contributed by atoms with van der Waals surface area (Å²) in [6, 6.07) is 0. The van der Waals surface area contributed by atoms with Crippen LogP contribution in [0.1, 0.15) is 187 Å². The number of aliphatic hydroxyl groups is 4. The predicted molar refractivity (Wildman–Crippen MR) is 206 cm³/mol. The van der Waals surface area contributed by atoms with Gasteiger partial charge >= 0.3 is 5.97 Å². The highest BCUT2D eigenvalue weighted by Gasteiger charge is 2.44. The van der Waals surface area contributed by atoms with Crippen LogP contribution in [0.5, 0.6) is 0 Å². The van der Waals surface area contributed by atoms with E-state index in [4.69, 9.17) is 18.9 Å². The molecule has 302 valence electrons. The van der Waals surface area contributed by atoms with Crippen LogP contribution in [0.4, 0.5) is 0 Å². The Hall–Kier alpha value is -1.07. The van der Waals surface area contributed by atoms with Crippen LogP contribution in [0.25, 0.3) is 0 Å². The molecule has 0 amide bonds. The van der Waals surface area contributed by atoms with E-state index in [9.17, 15) is 25.2 Å². The van der Waals surface area contributed by atoms with Crippen molar-refractivity contribution < 1.29 is 44.2 Å². The Bertz CT molecular complexity index is 792. The standard InChI is InChI=1S/C42H80O9/c1-3-5-7-9-11-13-15-16-17-18-19-20-21-23-25-27-29-31-38(44)50-36(35-49-42-41(47)40(46)39(45)37(33-43)51-42)34-48-32-30-28-26-24-22-14-12-10-8-6-4-2/h16-17,36-37,39-43,45-47H,3-15,18-35H2,1-2H3/b17-16-. The molecule has 1 saturated heterocycles. The Morgan fingerprint density at radius 1 is 0.608 bits per heavy atom. The van der Waals surface area contributed by atoms with Crippen LogP contribution in [-0.4, -0.2) is 89.6 Å². The SMILES string of the molecule is CCCCCCCC/C=C\CCCCCCCCCC(=O)OC(COCCCCCCCCCCCCC)COC1OC(CO)C(O)C(O)C1O. The van der Waals surface area contributed by atoms with Crippen molar-refractivity contribution in [2.24, 2.45) is 0 Å². The Balaban J connectivity index is 2.27. The zero-order valence-electron chi connectivity index (χ0n) is 32.9. The van der Waals surface area contributed by atoms with Gasteiger partial charge in [0, 0.05) is 13.0 Å². The van der Waals surface area contributed by atoms with Gasteiger partial charge in [-0.05, 0) is 38.5 Å². The number of aliphatic hydroxyl groups excluding tert-OH is 4. The lowest BCUT2D eigenvalue weighted by atomic mass is 9.99. The van der Waals surface area contributed by atoms with Crippen molar-refractivity contribution in [3.05, 3.63) is 12.2 Å². The first-order valence-electron chi connectivity index (χ1n) is 21.3. The third kappa shape index (κ3) is 26.4. The molecule has 0 bridgehead atoms. The molecule has 0 spiro atoms. The highest BCUT2D eigenvalue weighted by molar-refractivity contribution is 5.69. The van der Waals surface area contributed by atoms with Crippen LogP contribution < -0.4 is 0 Å². The number of hydrogen-bond acceptors (Lipinski definition) is 9. The van der Waals surface area contributed by atoms with E-state index in [2.05, 4.69) is 26.0 Å². The molecular formula is C42H80O9. The fourth-order valence-corrected chi connectivity index (χ4v) is 6.54. The lowest BCUT2D eigenvalue weighted by Gasteiger charge is -2.39. The monoisotopic (exact) mass is 729 g/mol. The number of allylic oxidation sites excluding steroid dienone is 2. The molecule has 9 heteroatoms. The Labute approximate surface area is 312 Å². The van der Waals surface area contributed by atoms with Gasteiger partial charge in [-0.1, -0.05) is 154 Å². The van der Waals surface area contributed by atoms with Crippen molar-refractivity contribution in [3.8, 4) is 0 Å². The Morgan fingerprint density at radius 2 is 1.08 bits per heavy atom. The maximum Gasteiger partial charge on any atom is 0.306 e. The second-order valence-corrected chi connectivity index (χ2v) is 14.8. The zero-order valence-corrected chi connectivity index (χ0v) is 32.9. The van der Waals surface area contributed by atoms with Gasteiger partial charge in [-0.3, -0.25) is 4.79 Å². The van der Waals surface area contributed by atoms with Gasteiger partial charge in [0.25, 0.3) is 0 Å². The van der Waals surface area contributed by atoms with Crippen molar-refractivity contribution >= 4 is 5.97 Å². The molecule has 1 rings (SSSR count). The molecule has 51 heavy (non-hydrogen) atoms. The normalized spacial score (nSPS) is 21.4. The molecule has 0 saturated carbocycles. The molecular weight excluding hydrogens is 648 g/mol. The van der Waals surface area contributed by atoms with Gasteiger partial charge in [0.1, 0.15) is 30.5 Å². The van der Waals surface area contributed by atoms with E-state index in [1.807, 2.05) is 0 Å². The molecule has 9 nitrogen and oxygen atoms in total. The summed E-state index contributed by atoms with van der Waals surface area (Å²) in [5, 5.41) is 40.0. The number of ether oxygens (including phenoxy) is 4.